The molecule has 0 saturated heterocycles. The van der Waals surface area contributed by atoms with Crippen molar-refractivity contribution in [1.29, 1.82) is 0 Å². The van der Waals surface area contributed by atoms with Crippen LogP contribution in [-0.2, 0) is 0 Å². The Bertz CT molecular complexity index is 1790. The zero-order valence-electron chi connectivity index (χ0n) is 22.5. The molecule has 0 radical (unpaired) electrons. The van der Waals surface area contributed by atoms with Crippen LogP contribution in [0.5, 0.6) is 0 Å². The van der Waals surface area contributed by atoms with Crippen LogP contribution in [0.1, 0.15) is 22.5 Å². The first-order valence-electron chi connectivity index (χ1n) is 13.0. The van der Waals surface area contributed by atoms with E-state index in [4.69, 9.17) is 9.85 Å². The first-order valence-corrected chi connectivity index (χ1v) is 14.7. The number of hydrogen-bond donors (Lipinski definition) is 0. The van der Waals surface area contributed by atoms with Crippen LogP contribution >= 0.6 is 7.21 Å². The second-order valence-electron chi connectivity index (χ2n) is 9.78. The third-order valence-corrected chi connectivity index (χ3v) is 10.9. The van der Waals surface area contributed by atoms with Crippen LogP contribution in [0.3, 0.4) is 0 Å². The lowest BCUT2D eigenvalue weighted by Gasteiger charge is -2.38. The summed E-state index contributed by atoms with van der Waals surface area (Å²) in [6.45, 7) is 6.36. The van der Waals surface area contributed by atoms with E-state index in [9.17, 15) is 10.1 Å². The highest BCUT2D eigenvalue weighted by molar-refractivity contribution is 7.82. The molecule has 1 aromatic heterocycles. The minimum atomic E-state index is -2.83. The quantitative estimate of drug-likeness (QED) is 0.130. The number of nitro benzene ring substituents is 1. The summed E-state index contributed by atoms with van der Waals surface area (Å²) in [5, 5.41) is 18.6. The van der Waals surface area contributed by atoms with Gasteiger partial charge in [0.2, 0.25) is 0 Å². The molecule has 1 aliphatic heterocycles. The standard InChI is InChI=1S/C32H28N5O2P/c1-23-14-18-27(19-15-23)35-24(2)31-22-33-36(28-10-6-4-7-11-28)40(32(31)25(35)3,30-12-8-5-9-13-30)34-26-16-20-29(21-17-26)37(38)39/h4-22H,1-3H3/t40-/m1/s1. The summed E-state index contributed by atoms with van der Waals surface area (Å²) in [7, 11) is -2.83. The molecule has 0 amide bonds. The Morgan fingerprint density at radius 1 is 0.750 bits per heavy atom. The summed E-state index contributed by atoms with van der Waals surface area (Å²) in [6.07, 6.45) is 1.95. The summed E-state index contributed by atoms with van der Waals surface area (Å²) < 4.78 is 9.88. The Morgan fingerprint density at radius 3 is 2.00 bits per heavy atom. The lowest BCUT2D eigenvalue weighted by molar-refractivity contribution is -0.384. The maximum atomic E-state index is 11.4. The summed E-state index contributed by atoms with van der Waals surface area (Å²) in [6, 6.07) is 35.4. The largest absolute Gasteiger partial charge is 0.317 e. The fourth-order valence-electron chi connectivity index (χ4n) is 5.38. The lowest BCUT2D eigenvalue weighted by Crippen LogP contribution is -2.34. The van der Waals surface area contributed by atoms with Gasteiger partial charge in [-0.1, -0.05) is 66.2 Å². The van der Waals surface area contributed by atoms with Crippen LogP contribution in [-0.4, -0.2) is 15.7 Å². The Morgan fingerprint density at radius 2 is 1.38 bits per heavy atom. The van der Waals surface area contributed by atoms with E-state index in [1.807, 2.05) is 54.7 Å². The zero-order valence-corrected chi connectivity index (χ0v) is 23.4. The first-order chi connectivity index (χ1) is 19.4. The number of nitro groups is 1. The molecule has 8 heteroatoms. The summed E-state index contributed by atoms with van der Waals surface area (Å²) in [5.74, 6) is 0. The van der Waals surface area contributed by atoms with Gasteiger partial charge in [0.1, 0.15) is 7.21 Å². The molecule has 0 fully saturated rings. The molecule has 0 bridgehead atoms. The lowest BCUT2D eigenvalue weighted by atomic mass is 10.2. The van der Waals surface area contributed by atoms with Crippen molar-refractivity contribution < 1.29 is 4.92 Å². The molecule has 40 heavy (non-hydrogen) atoms. The highest BCUT2D eigenvalue weighted by Crippen LogP contribution is 2.58. The molecule has 1 atom stereocenters. The van der Waals surface area contributed by atoms with Gasteiger partial charge in [-0.3, -0.25) is 10.1 Å². The third kappa shape index (κ3) is 4.16. The fraction of sp³-hybridized carbons (Fsp3) is 0.0938. The van der Waals surface area contributed by atoms with Crippen molar-refractivity contribution in [3.05, 3.63) is 142 Å². The van der Waals surface area contributed by atoms with Gasteiger partial charge in [0.15, 0.2) is 0 Å². The van der Waals surface area contributed by atoms with E-state index in [0.717, 1.165) is 38.9 Å². The van der Waals surface area contributed by atoms with Crippen LogP contribution < -0.4 is 15.4 Å². The van der Waals surface area contributed by atoms with Gasteiger partial charge in [-0.15, -0.1) is 0 Å². The molecule has 1 aliphatic rings. The van der Waals surface area contributed by atoms with Crippen LogP contribution in [0.2, 0.25) is 0 Å². The Hall–Kier alpha value is -4.74. The van der Waals surface area contributed by atoms with Gasteiger partial charge in [-0.05, 0) is 57.2 Å². The Kier molecular flexibility index (Phi) is 6.45. The number of aromatic nitrogens is 1. The number of aryl methyl sites for hydroxylation is 1. The average Bonchev–Trinajstić information content (AvgIpc) is 3.24. The van der Waals surface area contributed by atoms with Gasteiger partial charge in [-0.25, -0.2) is 9.52 Å². The zero-order chi connectivity index (χ0) is 27.9. The van der Waals surface area contributed by atoms with Crippen LogP contribution in [0.25, 0.3) is 5.69 Å². The number of anilines is 1. The van der Waals surface area contributed by atoms with Crippen molar-refractivity contribution in [2.75, 3.05) is 4.78 Å². The number of nitrogens with zero attached hydrogens (tertiary/aromatic N) is 5. The number of hydrogen-bond acceptors (Lipinski definition) is 4. The molecule has 7 nitrogen and oxygen atoms in total. The maximum absolute atomic E-state index is 11.4. The normalized spacial score (nSPS) is 16.0. The van der Waals surface area contributed by atoms with E-state index in [0.29, 0.717) is 5.69 Å². The molecule has 198 valence electrons. The van der Waals surface area contributed by atoms with Crippen molar-refractivity contribution in [2.45, 2.75) is 20.8 Å². The molecule has 6 rings (SSSR count). The Balaban J connectivity index is 1.73. The number of non-ortho nitro benzene ring substituents is 1. The first kappa shape index (κ1) is 25.5. The van der Waals surface area contributed by atoms with Crippen molar-refractivity contribution >= 4 is 41.1 Å². The number of fused-ring (bicyclic) bond motifs is 1. The van der Waals surface area contributed by atoms with Crippen LogP contribution in [0.4, 0.5) is 17.1 Å². The topological polar surface area (TPSA) is 76.0 Å². The SMILES string of the molecule is Cc1ccc(-n2c(C)c3c(c2C)[P@@](=Nc2ccc([N+](=O)[O-])cc2)(c2ccccc2)N(c2ccccc2)N=C3)cc1. The van der Waals surface area contributed by atoms with Crippen molar-refractivity contribution in [3.63, 3.8) is 0 Å². The minimum Gasteiger partial charge on any atom is -0.317 e. The molecule has 4 aromatic carbocycles. The number of benzene rings is 4. The van der Waals surface area contributed by atoms with E-state index >= 15 is 0 Å². The number of para-hydroxylation sites is 1. The van der Waals surface area contributed by atoms with Gasteiger partial charge < -0.3 is 4.57 Å². The van der Waals surface area contributed by atoms with E-state index < -0.39 is 7.21 Å². The van der Waals surface area contributed by atoms with E-state index in [1.165, 1.54) is 17.7 Å². The van der Waals surface area contributed by atoms with Gasteiger partial charge in [0.25, 0.3) is 5.69 Å². The molecule has 0 unspecified atom stereocenters. The van der Waals surface area contributed by atoms with Crippen LogP contribution in [0, 0.1) is 30.9 Å². The average molecular weight is 546 g/mol. The van der Waals surface area contributed by atoms with Crippen LogP contribution in [0.15, 0.2) is 119 Å². The summed E-state index contributed by atoms with van der Waals surface area (Å²) >= 11 is 0. The smallest absolute Gasteiger partial charge is 0.269 e. The van der Waals surface area contributed by atoms with Gasteiger partial charge in [0, 0.05) is 45.4 Å². The highest BCUT2D eigenvalue weighted by atomic mass is 31.2. The third-order valence-electron chi connectivity index (χ3n) is 7.26. The van der Waals surface area contributed by atoms with Gasteiger partial charge >= 0.3 is 0 Å². The summed E-state index contributed by atoms with van der Waals surface area (Å²) in [5.41, 5.74) is 7.12. The minimum absolute atomic E-state index is 0.0332. The van der Waals surface area contributed by atoms with E-state index in [-0.39, 0.29) is 10.6 Å². The predicted octanol–water partition coefficient (Wildman–Crippen LogP) is 7.56. The monoisotopic (exact) mass is 545 g/mol. The fourth-order valence-corrected chi connectivity index (χ4v) is 9.18. The number of rotatable bonds is 5. The van der Waals surface area contributed by atoms with Crippen molar-refractivity contribution in [2.24, 2.45) is 9.85 Å². The predicted molar refractivity (Wildman–Crippen MR) is 164 cm³/mol. The molecular weight excluding hydrogens is 517 g/mol. The van der Waals surface area contributed by atoms with E-state index in [2.05, 4.69) is 66.5 Å². The molecule has 2 heterocycles. The van der Waals surface area contributed by atoms with Gasteiger partial charge in [-0.2, -0.15) is 5.10 Å². The highest BCUT2D eigenvalue weighted by Gasteiger charge is 2.41. The molecular formula is C32H28N5O2P. The van der Waals surface area contributed by atoms with Crippen molar-refractivity contribution in [1.82, 2.24) is 4.57 Å². The second kappa shape index (κ2) is 10.1. The molecule has 0 N–H and O–H groups in total. The van der Waals surface area contributed by atoms with E-state index in [1.54, 1.807) is 12.1 Å². The molecule has 5 aromatic rings. The van der Waals surface area contributed by atoms with Gasteiger partial charge in [0.05, 0.1) is 22.5 Å². The Labute approximate surface area is 233 Å². The van der Waals surface area contributed by atoms with Crippen molar-refractivity contribution in [3.8, 4) is 5.69 Å². The maximum Gasteiger partial charge on any atom is 0.269 e. The molecule has 0 spiro atoms. The second-order valence-corrected chi connectivity index (χ2v) is 12.5. The molecule has 0 saturated carbocycles. The number of hydrazone groups is 1. The summed E-state index contributed by atoms with van der Waals surface area (Å²) in [4.78, 5) is 11.0. The molecule has 0 aliphatic carbocycles.